The third kappa shape index (κ3) is 3.27. The van der Waals surface area contributed by atoms with Crippen LogP contribution in [0.25, 0.3) is 76.7 Å². The van der Waals surface area contributed by atoms with E-state index in [0.717, 1.165) is 0 Å². The summed E-state index contributed by atoms with van der Waals surface area (Å²) in [4.78, 5) is 2.72. The first kappa shape index (κ1) is 27.8. The highest BCUT2D eigenvalue weighted by molar-refractivity contribution is 6.94. The maximum Gasteiger partial charge on any atom is 0.333 e. The van der Waals surface area contributed by atoms with Crippen molar-refractivity contribution in [3.63, 3.8) is 0 Å². The Labute approximate surface area is 296 Å². The fraction of sp³-hybridized carbons (Fsp3) is 0.106. The molecule has 51 heavy (non-hydrogen) atoms. The monoisotopic (exact) mass is 651 g/mol. The number of hydrogen-bond acceptors (Lipinski definition) is 1. The standard InChI is InChI=1S/C47H34BN3/c1-27-13-5-8-20-38(27)51-46-35(24-23-34-33-17-11-16-31-29-14-7-10-22-40(29)50(43(31)33)45(34)46)36-25-28(47(2,3)4)26-41-42(36)48(51)37-19-12-18-32-30-15-6-9-21-39(30)49(41)44(32)37/h5-26H,1-4H3. The average molecular weight is 652 g/mol. The van der Waals surface area contributed by atoms with Gasteiger partial charge in [-0.15, -0.1) is 0 Å². The zero-order valence-electron chi connectivity index (χ0n) is 29.1. The van der Waals surface area contributed by atoms with E-state index in [1.54, 1.807) is 0 Å². The number of aromatic nitrogens is 2. The molecule has 0 radical (unpaired) electrons. The topological polar surface area (TPSA) is 12.6 Å². The van der Waals surface area contributed by atoms with E-state index in [1.165, 1.54) is 110 Å². The molecule has 0 atom stereocenters. The Balaban J connectivity index is 1.36. The van der Waals surface area contributed by atoms with Crippen LogP contribution in [0.15, 0.2) is 133 Å². The number of fused-ring (bicyclic) bond motifs is 14. The second-order valence-corrected chi connectivity index (χ2v) is 15.8. The summed E-state index contributed by atoms with van der Waals surface area (Å²) < 4.78 is 5.16. The Morgan fingerprint density at radius 1 is 0.510 bits per heavy atom. The summed E-state index contributed by atoms with van der Waals surface area (Å²) >= 11 is 0. The Kier molecular flexibility index (Phi) is 5.02. The molecule has 0 amide bonds. The highest BCUT2D eigenvalue weighted by Gasteiger charge is 2.45. The van der Waals surface area contributed by atoms with Crippen LogP contribution in [0, 0.1) is 6.92 Å². The third-order valence-electron chi connectivity index (χ3n) is 12.1. The molecular weight excluding hydrogens is 617 g/mol. The second-order valence-electron chi connectivity index (χ2n) is 15.8. The van der Waals surface area contributed by atoms with Crippen molar-refractivity contribution in [1.82, 2.24) is 8.97 Å². The van der Waals surface area contributed by atoms with Crippen LogP contribution in [-0.2, 0) is 5.41 Å². The summed E-state index contributed by atoms with van der Waals surface area (Å²) in [5.41, 5.74) is 18.2. The largest absolute Gasteiger partial charge is 0.374 e. The highest BCUT2D eigenvalue weighted by atomic mass is 15.1. The number of anilines is 2. The molecular formula is C47H34BN3. The fourth-order valence-corrected chi connectivity index (χ4v) is 9.88. The van der Waals surface area contributed by atoms with E-state index in [1.807, 2.05) is 0 Å². The van der Waals surface area contributed by atoms with Crippen molar-refractivity contribution in [2.24, 2.45) is 0 Å². The molecule has 0 fully saturated rings. The van der Waals surface area contributed by atoms with Crippen molar-refractivity contribution in [2.75, 3.05) is 4.81 Å². The molecule has 0 saturated carbocycles. The SMILES string of the molecule is Cc1ccccc1N1B2c3c(cc(C(C)(C)C)cc3-n3c4ccccc4c4cccc2c43)-c2ccc3c4cccc5c6ccccc6n(c3c21)c54. The Morgan fingerprint density at radius 2 is 1.14 bits per heavy atom. The third-order valence-corrected chi connectivity index (χ3v) is 12.1. The van der Waals surface area contributed by atoms with Crippen LogP contribution >= 0.6 is 0 Å². The maximum atomic E-state index is 2.72. The lowest BCUT2D eigenvalue weighted by molar-refractivity contribution is 0.590. The van der Waals surface area contributed by atoms with Crippen molar-refractivity contribution in [3.8, 4) is 16.8 Å². The molecule has 10 aromatic rings. The van der Waals surface area contributed by atoms with E-state index < -0.39 is 0 Å². The smallest absolute Gasteiger partial charge is 0.333 e. The van der Waals surface area contributed by atoms with Gasteiger partial charge in [-0.3, -0.25) is 0 Å². The number of aryl methyl sites for hydroxylation is 1. The molecule has 0 unspecified atom stereocenters. The van der Waals surface area contributed by atoms with Gasteiger partial charge in [0.1, 0.15) is 0 Å². The Bertz CT molecular complexity index is 3150. The lowest BCUT2D eigenvalue weighted by Gasteiger charge is -2.43. The van der Waals surface area contributed by atoms with Crippen molar-refractivity contribution < 1.29 is 0 Å². The molecule has 2 aliphatic heterocycles. The van der Waals surface area contributed by atoms with Crippen LogP contribution in [0.2, 0.25) is 0 Å². The molecule has 0 bridgehead atoms. The first-order chi connectivity index (χ1) is 24.9. The van der Waals surface area contributed by atoms with Gasteiger partial charge in [0.25, 0.3) is 0 Å². The van der Waals surface area contributed by atoms with E-state index in [0.29, 0.717) is 0 Å². The summed E-state index contributed by atoms with van der Waals surface area (Å²) in [5.74, 6) is 0. The van der Waals surface area contributed by atoms with Crippen LogP contribution in [0.5, 0.6) is 0 Å². The van der Waals surface area contributed by atoms with Gasteiger partial charge in [-0.25, -0.2) is 0 Å². The quantitative estimate of drug-likeness (QED) is 0.161. The molecule has 3 nitrogen and oxygen atoms in total. The minimum atomic E-state index is -0.0386. The van der Waals surface area contributed by atoms with Gasteiger partial charge in [0.05, 0.1) is 33.3 Å². The van der Waals surface area contributed by atoms with Crippen molar-refractivity contribution in [2.45, 2.75) is 33.1 Å². The molecule has 5 heterocycles. The average Bonchev–Trinajstić information content (AvgIpc) is 3.79. The maximum absolute atomic E-state index is 2.72. The number of hydrogen-bond donors (Lipinski definition) is 0. The van der Waals surface area contributed by atoms with Gasteiger partial charge in [-0.2, -0.15) is 0 Å². The molecule has 12 rings (SSSR count). The first-order valence-corrected chi connectivity index (χ1v) is 18.2. The van der Waals surface area contributed by atoms with Crippen LogP contribution in [0.1, 0.15) is 31.9 Å². The van der Waals surface area contributed by atoms with Crippen molar-refractivity contribution in [3.05, 3.63) is 145 Å². The molecule has 0 spiro atoms. The zero-order valence-corrected chi connectivity index (χ0v) is 29.1. The van der Waals surface area contributed by atoms with E-state index in [9.17, 15) is 0 Å². The minimum absolute atomic E-state index is 0.0225. The highest BCUT2D eigenvalue weighted by Crippen LogP contribution is 2.51. The van der Waals surface area contributed by atoms with Crippen molar-refractivity contribution in [1.29, 1.82) is 0 Å². The molecule has 240 valence electrons. The normalized spacial score (nSPS) is 13.8. The minimum Gasteiger partial charge on any atom is -0.374 e. The summed E-state index contributed by atoms with van der Waals surface area (Å²) in [5, 5.41) is 7.86. The van der Waals surface area contributed by atoms with Crippen LogP contribution in [0.3, 0.4) is 0 Å². The van der Waals surface area contributed by atoms with Gasteiger partial charge in [0.2, 0.25) is 0 Å². The molecule has 3 aromatic heterocycles. The zero-order chi connectivity index (χ0) is 33.9. The second kappa shape index (κ2) is 9.21. The molecule has 0 N–H and O–H groups in total. The van der Waals surface area contributed by atoms with Gasteiger partial charge in [-0.05, 0) is 64.2 Å². The van der Waals surface area contributed by atoms with Gasteiger partial charge in [0, 0.05) is 49.3 Å². The number of para-hydroxylation sites is 5. The first-order valence-electron chi connectivity index (χ1n) is 18.2. The molecule has 0 aliphatic carbocycles. The van der Waals surface area contributed by atoms with Gasteiger partial charge < -0.3 is 13.8 Å². The van der Waals surface area contributed by atoms with Crippen LogP contribution in [-0.4, -0.2) is 15.8 Å². The summed E-state index contributed by atoms with van der Waals surface area (Å²) in [7, 11) is 0. The predicted molar refractivity (Wildman–Crippen MR) is 218 cm³/mol. The van der Waals surface area contributed by atoms with E-state index >= 15 is 0 Å². The Hall–Kier alpha value is -6.00. The summed E-state index contributed by atoms with van der Waals surface area (Å²) in [6, 6.07) is 50.6. The number of benzene rings is 7. The summed E-state index contributed by atoms with van der Waals surface area (Å²) in [6.07, 6.45) is 0. The fourth-order valence-electron chi connectivity index (χ4n) is 9.88. The van der Waals surface area contributed by atoms with Crippen LogP contribution < -0.4 is 15.7 Å². The molecule has 7 aromatic carbocycles. The van der Waals surface area contributed by atoms with E-state index in [2.05, 4.69) is 175 Å². The predicted octanol–water partition coefficient (Wildman–Crippen LogP) is 10.8. The summed E-state index contributed by atoms with van der Waals surface area (Å²) in [6.45, 7) is 9.31. The number of nitrogens with zero attached hydrogens (tertiary/aromatic N) is 3. The van der Waals surface area contributed by atoms with Gasteiger partial charge >= 0.3 is 6.85 Å². The molecule has 2 aliphatic rings. The van der Waals surface area contributed by atoms with E-state index in [4.69, 9.17) is 0 Å². The lowest BCUT2D eigenvalue weighted by Crippen LogP contribution is -2.61. The van der Waals surface area contributed by atoms with Gasteiger partial charge in [0.15, 0.2) is 0 Å². The molecule has 4 heteroatoms. The Morgan fingerprint density at radius 3 is 1.92 bits per heavy atom. The van der Waals surface area contributed by atoms with Gasteiger partial charge in [-0.1, -0.05) is 130 Å². The molecule has 0 saturated heterocycles. The lowest BCUT2D eigenvalue weighted by atomic mass is 9.43. The van der Waals surface area contributed by atoms with Crippen molar-refractivity contribution >= 4 is 89.0 Å². The van der Waals surface area contributed by atoms with Crippen LogP contribution in [0.4, 0.5) is 11.4 Å². The number of rotatable bonds is 1. The van der Waals surface area contributed by atoms with E-state index in [-0.39, 0.29) is 12.3 Å².